The van der Waals surface area contributed by atoms with Crippen LogP contribution in [0.4, 0.5) is 0 Å². The monoisotopic (exact) mass is 514 g/mol. The summed E-state index contributed by atoms with van der Waals surface area (Å²) in [7, 11) is -6.96. The van der Waals surface area contributed by atoms with Gasteiger partial charge in [0.15, 0.2) is 24.8 Å². The number of ether oxygens (including phenoxy) is 1. The molecule has 0 N–H and O–H groups in total. The van der Waals surface area contributed by atoms with E-state index in [9.17, 15) is 21.6 Å². The van der Waals surface area contributed by atoms with Crippen LogP contribution in [0.3, 0.4) is 0 Å². The van der Waals surface area contributed by atoms with E-state index in [1.54, 1.807) is 42.5 Å². The van der Waals surface area contributed by atoms with Gasteiger partial charge in [0.1, 0.15) is 10.6 Å². The molecule has 10 heteroatoms. The van der Waals surface area contributed by atoms with E-state index in [4.69, 9.17) is 4.74 Å². The second-order valence-corrected chi connectivity index (χ2v) is 12.2. The molecule has 0 unspecified atom stereocenters. The number of methoxy groups -OCH3 is 1. The van der Waals surface area contributed by atoms with Crippen LogP contribution in [0, 0.1) is 0 Å². The minimum absolute atomic E-state index is 0.519. The summed E-state index contributed by atoms with van der Waals surface area (Å²) in [4.78, 5) is 11.8. The summed E-state index contributed by atoms with van der Waals surface area (Å²) in [5.74, 6) is 0.611. The summed E-state index contributed by atoms with van der Waals surface area (Å²) < 4.78 is 55.7. The smallest absolute Gasteiger partial charge is 0.251 e. The maximum Gasteiger partial charge on any atom is 0.251 e. The highest BCUT2D eigenvalue weighted by atomic mass is 79.9. The van der Waals surface area contributed by atoms with Crippen molar-refractivity contribution in [3.05, 3.63) is 73.5 Å². The molecule has 6 nitrogen and oxygen atoms in total. The van der Waals surface area contributed by atoms with E-state index in [-0.39, 0.29) is 0 Å². The highest BCUT2D eigenvalue weighted by molar-refractivity contribution is 9.10. The minimum atomic E-state index is -4.34. The van der Waals surface area contributed by atoms with Gasteiger partial charge < -0.3 is 4.74 Å². The standard InChI is InChI=1S/C19H15BrO6S3/c1-26-16-5-2-13(3-6-16)8-9-28(22,23)12-29(24,25)18-11-14-10-15(20)4-7-17(14)27-19(18)21/h2-11H,12H2,1H3/b9-8-. The summed E-state index contributed by atoms with van der Waals surface area (Å²) in [5.41, 5.74) is 0.564. The van der Waals surface area contributed by atoms with Crippen LogP contribution in [0.25, 0.3) is 16.2 Å². The highest BCUT2D eigenvalue weighted by Crippen LogP contribution is 2.24. The first kappa shape index (κ1) is 21.7. The molecular weight excluding hydrogens is 500 g/mol. The molecule has 0 aliphatic carbocycles. The molecule has 3 aromatic rings. The summed E-state index contributed by atoms with van der Waals surface area (Å²) >= 11 is 4.05. The number of benzene rings is 2. The van der Waals surface area contributed by atoms with Crippen molar-refractivity contribution in [2.24, 2.45) is 0 Å². The third-order valence-electron chi connectivity index (χ3n) is 3.90. The third-order valence-corrected chi connectivity index (χ3v) is 9.60. The second-order valence-electron chi connectivity index (χ2n) is 6.05. The molecule has 0 aliphatic heterocycles. The molecule has 0 aliphatic rings. The zero-order chi connectivity index (χ0) is 21.2. The predicted molar refractivity (Wildman–Crippen MR) is 119 cm³/mol. The molecule has 1 aromatic heterocycles. The molecule has 0 fully saturated rings. The van der Waals surface area contributed by atoms with Crippen LogP contribution in [0.2, 0.25) is 0 Å². The van der Waals surface area contributed by atoms with E-state index in [1.165, 1.54) is 19.3 Å². The van der Waals surface area contributed by atoms with E-state index in [0.717, 1.165) is 16.7 Å². The van der Waals surface area contributed by atoms with Gasteiger partial charge in [-0.15, -0.1) is 0 Å². The lowest BCUT2D eigenvalue weighted by Gasteiger charge is -2.05. The van der Waals surface area contributed by atoms with Gasteiger partial charge in [0.2, 0.25) is 0 Å². The number of sulfone groups is 2. The Hall–Kier alpha value is -2.01. The van der Waals surface area contributed by atoms with Gasteiger partial charge in [-0.1, -0.05) is 39.4 Å². The SMILES string of the molecule is COc1ccc(/C=C\S(=O)(=O)CS(=O)(=O)c2cc3cc(Br)ccc3sc2=O)cc1. The molecule has 0 spiro atoms. The first-order valence-corrected chi connectivity index (χ1v) is 13.1. The Morgan fingerprint density at radius 2 is 1.72 bits per heavy atom. The summed E-state index contributed by atoms with van der Waals surface area (Å²) in [6, 6.07) is 12.9. The molecule has 0 saturated heterocycles. The number of hydrogen-bond acceptors (Lipinski definition) is 7. The molecule has 0 saturated carbocycles. The fraction of sp³-hybridized carbons (Fsp3) is 0.105. The topological polar surface area (TPSA) is 94.6 Å². The highest BCUT2D eigenvalue weighted by Gasteiger charge is 2.26. The van der Waals surface area contributed by atoms with Gasteiger partial charge in [-0.05, 0) is 53.4 Å². The molecule has 0 radical (unpaired) electrons. The normalized spacial score (nSPS) is 12.5. The van der Waals surface area contributed by atoms with Gasteiger partial charge in [0.25, 0.3) is 4.74 Å². The van der Waals surface area contributed by atoms with Crippen molar-refractivity contribution < 1.29 is 21.6 Å². The van der Waals surface area contributed by atoms with Crippen LogP contribution in [0.5, 0.6) is 5.75 Å². The Labute approximate surface area is 180 Å². The molecule has 3 rings (SSSR count). The Balaban J connectivity index is 1.91. The molecule has 152 valence electrons. The molecule has 0 atom stereocenters. The van der Waals surface area contributed by atoms with Crippen molar-refractivity contribution in [3.8, 4) is 5.75 Å². The van der Waals surface area contributed by atoms with Gasteiger partial charge in [0.05, 0.1) is 7.11 Å². The Morgan fingerprint density at radius 1 is 1.03 bits per heavy atom. The largest absolute Gasteiger partial charge is 0.497 e. The van der Waals surface area contributed by atoms with Crippen LogP contribution in [0.1, 0.15) is 5.56 Å². The van der Waals surface area contributed by atoms with Gasteiger partial charge in [-0.3, -0.25) is 4.79 Å². The summed E-state index contributed by atoms with van der Waals surface area (Å²) in [6.07, 6.45) is 1.29. The van der Waals surface area contributed by atoms with Crippen molar-refractivity contribution in [1.82, 2.24) is 0 Å². The van der Waals surface area contributed by atoms with Gasteiger partial charge in [-0.25, -0.2) is 16.8 Å². The molecule has 2 aromatic carbocycles. The quantitative estimate of drug-likeness (QED) is 0.495. The average Bonchev–Trinajstić information content (AvgIpc) is 2.65. The molecule has 29 heavy (non-hydrogen) atoms. The number of hydrogen-bond donors (Lipinski definition) is 0. The lowest BCUT2D eigenvalue weighted by molar-refractivity contribution is 0.415. The molecule has 0 bridgehead atoms. The van der Waals surface area contributed by atoms with Gasteiger partial charge in [0, 0.05) is 14.6 Å². The van der Waals surface area contributed by atoms with Crippen molar-refractivity contribution in [3.63, 3.8) is 0 Å². The Bertz CT molecular complexity index is 1360. The lowest BCUT2D eigenvalue weighted by atomic mass is 10.2. The average molecular weight is 515 g/mol. The van der Waals surface area contributed by atoms with E-state index < -0.39 is 34.4 Å². The van der Waals surface area contributed by atoms with Crippen LogP contribution < -0.4 is 9.48 Å². The maximum atomic E-state index is 12.7. The van der Waals surface area contributed by atoms with E-state index >= 15 is 0 Å². The summed E-state index contributed by atoms with van der Waals surface area (Å²) in [5, 5.41) is 0.181. The maximum absolute atomic E-state index is 12.7. The molecule has 0 amide bonds. The second kappa shape index (κ2) is 8.39. The Kier molecular flexibility index (Phi) is 6.27. The third kappa shape index (κ3) is 5.33. The lowest BCUT2D eigenvalue weighted by Crippen LogP contribution is -2.20. The van der Waals surface area contributed by atoms with Crippen LogP contribution in [0.15, 0.2) is 68.1 Å². The Morgan fingerprint density at radius 3 is 2.38 bits per heavy atom. The predicted octanol–water partition coefficient (Wildman–Crippen LogP) is 3.85. The zero-order valence-corrected chi connectivity index (χ0v) is 19.1. The minimum Gasteiger partial charge on any atom is -0.497 e. The van der Waals surface area contributed by atoms with Crippen LogP contribution in [-0.4, -0.2) is 29.0 Å². The molecule has 1 heterocycles. The van der Waals surface area contributed by atoms with E-state index in [2.05, 4.69) is 15.9 Å². The summed E-state index contributed by atoms with van der Waals surface area (Å²) in [6.45, 7) is 0. The first-order chi connectivity index (χ1) is 13.6. The molecular formula is C19H15BrO6S3. The van der Waals surface area contributed by atoms with Crippen LogP contribution >= 0.6 is 27.3 Å². The fourth-order valence-corrected chi connectivity index (χ4v) is 7.60. The number of fused-ring (bicyclic) bond motifs is 1. The van der Waals surface area contributed by atoms with Crippen molar-refractivity contribution in [1.29, 1.82) is 0 Å². The fourth-order valence-electron chi connectivity index (χ4n) is 2.51. The van der Waals surface area contributed by atoms with Crippen molar-refractivity contribution >= 4 is 63.1 Å². The zero-order valence-electron chi connectivity index (χ0n) is 15.0. The van der Waals surface area contributed by atoms with Crippen molar-refractivity contribution in [2.45, 2.75) is 4.90 Å². The number of halogens is 1. The van der Waals surface area contributed by atoms with E-state index in [0.29, 0.717) is 25.9 Å². The van der Waals surface area contributed by atoms with Gasteiger partial charge >= 0.3 is 0 Å². The van der Waals surface area contributed by atoms with Crippen LogP contribution in [-0.2, 0) is 19.7 Å². The van der Waals surface area contributed by atoms with Crippen molar-refractivity contribution in [2.75, 3.05) is 12.2 Å². The first-order valence-electron chi connectivity index (χ1n) is 8.11. The van der Waals surface area contributed by atoms with Gasteiger partial charge in [-0.2, -0.15) is 0 Å². The van der Waals surface area contributed by atoms with E-state index in [1.807, 2.05) is 0 Å². The number of rotatable bonds is 6.